The van der Waals surface area contributed by atoms with Gasteiger partial charge in [-0.25, -0.2) is 4.99 Å². The maximum Gasteiger partial charge on any atom is 0.258 e. The molecule has 4 fully saturated rings. The second-order valence-corrected chi connectivity index (χ2v) is 17.3. The molecule has 4 saturated heterocycles. The second-order valence-electron chi connectivity index (χ2n) is 16.9. The van der Waals surface area contributed by atoms with Gasteiger partial charge in [-0.15, -0.1) is 0 Å². The van der Waals surface area contributed by atoms with Crippen LogP contribution in [0, 0.1) is 13.8 Å². The van der Waals surface area contributed by atoms with Crippen molar-refractivity contribution in [3.63, 3.8) is 0 Å². The van der Waals surface area contributed by atoms with Crippen LogP contribution < -0.4 is 26.0 Å². The molecule has 0 bridgehead atoms. The summed E-state index contributed by atoms with van der Waals surface area (Å²) in [5.74, 6) is 0.194. The van der Waals surface area contributed by atoms with E-state index in [-0.39, 0.29) is 54.6 Å². The first-order chi connectivity index (χ1) is 30.9. The molecular formula is C48H63N9O6S. The standard InChI is InChI=1S/C28H35N5O4.C20H28N4O2S/c1-20-9-7-11-22(17-20)29-28(31-26(35)21-10-8-12-23(18-21)37-2)30-24-13-3-4-16-33(27(24)36)19-25(34)32-14-5-6-15-32;1-15-7-6-8-16(13-15)21-20(27)22-17-9-2-3-12-24(19(17)26)14-18(25)23-10-4-5-11-23/h7-12,17-18,24H,3-6,13-16,19H2,1-2H3,(H2,29,30,31,35);6-8,13,17H,2-5,9-12,14H2,1H3,(H2,21,22,27)/t24-;17-/m00/s1. The summed E-state index contributed by atoms with van der Waals surface area (Å²) in [6.07, 6.45) is 8.86. The number of benzene rings is 3. The third-order valence-corrected chi connectivity index (χ3v) is 12.0. The van der Waals surface area contributed by atoms with E-state index in [1.807, 2.05) is 72.2 Å². The van der Waals surface area contributed by atoms with Crippen LogP contribution in [0.25, 0.3) is 0 Å². The number of carbonyl (C=O) groups excluding carboxylic acids is 5. The lowest BCUT2D eigenvalue weighted by Gasteiger charge is -2.27. The number of methoxy groups -OCH3 is 1. The quantitative estimate of drug-likeness (QED) is 0.116. The molecule has 3 aromatic carbocycles. The number of nitrogens with zero attached hydrogens (tertiary/aromatic N) is 5. The fourth-order valence-corrected chi connectivity index (χ4v) is 8.58. The molecule has 0 aromatic heterocycles. The maximum atomic E-state index is 13.5. The van der Waals surface area contributed by atoms with Gasteiger partial charge in [-0.05, 0) is 144 Å². The summed E-state index contributed by atoms with van der Waals surface area (Å²) in [7, 11) is 1.54. The van der Waals surface area contributed by atoms with Crippen molar-refractivity contribution < 1.29 is 28.7 Å². The molecule has 15 nitrogen and oxygen atoms in total. The second kappa shape index (κ2) is 23.6. The van der Waals surface area contributed by atoms with E-state index in [4.69, 9.17) is 21.9 Å². The summed E-state index contributed by atoms with van der Waals surface area (Å²) < 4.78 is 5.24. The van der Waals surface area contributed by atoms with Crippen LogP contribution in [-0.2, 0) is 19.2 Å². The Hall–Kier alpha value is -6.03. The topological polar surface area (TPSA) is 168 Å². The fraction of sp³-hybridized carbons (Fsp3) is 0.479. The number of nitrogens with one attached hydrogen (secondary N) is 4. The van der Waals surface area contributed by atoms with Crippen molar-refractivity contribution in [3.8, 4) is 5.75 Å². The van der Waals surface area contributed by atoms with E-state index < -0.39 is 6.04 Å². The number of hydrogen-bond acceptors (Lipinski definition) is 8. The van der Waals surface area contributed by atoms with Crippen molar-refractivity contribution in [1.29, 1.82) is 0 Å². The average molecular weight is 894 g/mol. The number of rotatable bonds is 10. The van der Waals surface area contributed by atoms with E-state index in [1.165, 1.54) is 0 Å². The number of hydrogen-bond donors (Lipinski definition) is 4. The van der Waals surface area contributed by atoms with Crippen molar-refractivity contribution >= 4 is 64.2 Å². The van der Waals surface area contributed by atoms with E-state index in [1.54, 1.807) is 41.2 Å². The van der Waals surface area contributed by atoms with Crippen molar-refractivity contribution in [1.82, 2.24) is 30.2 Å². The molecule has 7 rings (SSSR count). The lowest BCUT2D eigenvalue weighted by molar-refractivity contribution is -0.140. The first-order valence-corrected chi connectivity index (χ1v) is 23.0. The molecule has 0 radical (unpaired) electrons. The minimum Gasteiger partial charge on any atom is -0.497 e. The Balaban J connectivity index is 0.000000223. The van der Waals surface area contributed by atoms with Crippen LogP contribution in [0.1, 0.15) is 85.7 Å². The number of carbonyl (C=O) groups is 5. The largest absolute Gasteiger partial charge is 0.497 e. The third kappa shape index (κ3) is 14.0. The zero-order valence-corrected chi connectivity index (χ0v) is 38.2. The normalized spacial score (nSPS) is 19.2. The molecular weight excluding hydrogens is 831 g/mol. The van der Waals surface area contributed by atoms with Crippen molar-refractivity contribution in [2.45, 2.75) is 90.1 Å². The minimum atomic E-state index is -0.702. The highest BCUT2D eigenvalue weighted by atomic mass is 32.1. The Bertz CT molecular complexity index is 2150. The highest BCUT2D eigenvalue weighted by Crippen LogP contribution is 2.20. The lowest BCUT2D eigenvalue weighted by atomic mass is 10.1. The van der Waals surface area contributed by atoms with E-state index in [0.29, 0.717) is 35.9 Å². The van der Waals surface area contributed by atoms with Crippen LogP contribution in [-0.4, -0.2) is 132 Å². The molecule has 2 atom stereocenters. The molecule has 0 spiro atoms. The first-order valence-electron chi connectivity index (χ1n) is 22.6. The van der Waals surface area contributed by atoms with Crippen molar-refractivity contribution in [2.24, 2.45) is 4.99 Å². The van der Waals surface area contributed by atoms with E-state index >= 15 is 0 Å². The van der Waals surface area contributed by atoms with Crippen LogP contribution in [0.4, 0.5) is 11.4 Å². The third-order valence-electron chi connectivity index (χ3n) is 11.8. The number of likely N-dealkylation sites (tertiary alicyclic amines) is 4. The number of amides is 5. The SMILES string of the molecule is COc1cccc(C(=O)NC(=N[C@H]2CCCCN(CC(=O)N3CCCC3)C2=O)Nc2cccc(C)c2)c1.Cc1cccc(NC(=S)N[C@H]2CCCCN(CC(=O)N3CCCC3)C2=O)c1. The van der Waals surface area contributed by atoms with Gasteiger partial charge in [0.2, 0.25) is 29.6 Å². The molecule has 5 amide bonds. The summed E-state index contributed by atoms with van der Waals surface area (Å²) in [5, 5.41) is 12.8. The molecule has 16 heteroatoms. The zero-order valence-electron chi connectivity index (χ0n) is 37.4. The number of ether oxygens (including phenoxy) is 1. The molecule has 0 unspecified atom stereocenters. The first kappa shape index (κ1) is 47.4. The summed E-state index contributed by atoms with van der Waals surface area (Å²) in [4.78, 5) is 76.4. The smallest absolute Gasteiger partial charge is 0.258 e. The van der Waals surface area contributed by atoms with Gasteiger partial charge in [-0.2, -0.15) is 0 Å². The Morgan fingerprint density at radius 3 is 1.78 bits per heavy atom. The number of aliphatic imine (C=N–C) groups is 1. The highest BCUT2D eigenvalue weighted by Gasteiger charge is 2.32. The van der Waals surface area contributed by atoms with Gasteiger partial charge >= 0.3 is 0 Å². The van der Waals surface area contributed by atoms with Crippen molar-refractivity contribution in [2.75, 3.05) is 70.1 Å². The highest BCUT2D eigenvalue weighted by molar-refractivity contribution is 7.80. The molecule has 4 heterocycles. The predicted octanol–water partition coefficient (Wildman–Crippen LogP) is 5.49. The van der Waals surface area contributed by atoms with Gasteiger partial charge in [0.15, 0.2) is 5.11 Å². The molecule has 3 aromatic rings. The van der Waals surface area contributed by atoms with Gasteiger partial charge < -0.3 is 40.3 Å². The molecule has 4 aliphatic rings. The summed E-state index contributed by atoms with van der Waals surface area (Å²) >= 11 is 5.40. The van der Waals surface area contributed by atoms with Crippen molar-refractivity contribution in [3.05, 3.63) is 89.5 Å². The molecule has 4 N–H and O–H groups in total. The number of guanidine groups is 1. The minimum absolute atomic E-state index is 0.0140. The average Bonchev–Trinajstić information content (AvgIpc) is 3.98. The fourth-order valence-electron chi connectivity index (χ4n) is 8.32. The van der Waals surface area contributed by atoms with Gasteiger partial charge in [0.25, 0.3) is 5.91 Å². The van der Waals surface area contributed by atoms with Crippen LogP contribution in [0.3, 0.4) is 0 Å². The van der Waals surface area contributed by atoms with E-state index in [0.717, 1.165) is 106 Å². The molecule has 0 aliphatic carbocycles. The number of anilines is 2. The predicted molar refractivity (Wildman–Crippen MR) is 253 cm³/mol. The van der Waals surface area contributed by atoms with E-state index in [2.05, 4.69) is 21.3 Å². The van der Waals surface area contributed by atoms with Crippen LogP contribution >= 0.6 is 12.2 Å². The van der Waals surface area contributed by atoms with Gasteiger partial charge in [-0.1, -0.05) is 30.3 Å². The van der Waals surface area contributed by atoms with Gasteiger partial charge in [-0.3, -0.25) is 29.3 Å². The number of aryl methyl sites for hydroxylation is 2. The Kier molecular flexibility index (Phi) is 17.5. The van der Waals surface area contributed by atoms with Gasteiger partial charge in [0.05, 0.1) is 20.2 Å². The van der Waals surface area contributed by atoms with Crippen LogP contribution in [0.15, 0.2) is 77.8 Å². The lowest BCUT2D eigenvalue weighted by Crippen LogP contribution is -2.51. The summed E-state index contributed by atoms with van der Waals surface area (Å²) in [6, 6.07) is 21.3. The Labute approximate surface area is 382 Å². The summed E-state index contributed by atoms with van der Waals surface area (Å²) in [5.41, 5.74) is 4.23. The molecule has 0 saturated carbocycles. The van der Waals surface area contributed by atoms with Gasteiger partial charge in [0, 0.05) is 56.2 Å². The van der Waals surface area contributed by atoms with Crippen LogP contribution in [0.2, 0.25) is 0 Å². The molecule has 64 heavy (non-hydrogen) atoms. The van der Waals surface area contributed by atoms with Gasteiger partial charge in [0.1, 0.15) is 17.8 Å². The summed E-state index contributed by atoms with van der Waals surface area (Å²) in [6.45, 7) is 8.53. The van der Waals surface area contributed by atoms with E-state index in [9.17, 15) is 24.0 Å². The Morgan fingerprint density at radius 2 is 1.20 bits per heavy atom. The monoisotopic (exact) mass is 893 g/mol. The Morgan fingerprint density at radius 1 is 0.672 bits per heavy atom. The number of thiocarbonyl (C=S) groups is 1. The maximum absolute atomic E-state index is 13.5. The molecule has 342 valence electrons. The molecule has 4 aliphatic heterocycles. The zero-order chi connectivity index (χ0) is 45.4. The van der Waals surface area contributed by atoms with Crippen LogP contribution in [0.5, 0.6) is 5.75 Å².